The van der Waals surface area contributed by atoms with Crippen LogP contribution in [0.1, 0.15) is 37.3 Å². The number of hydrogen-bond donors (Lipinski definition) is 0. The Morgan fingerprint density at radius 3 is 2.45 bits per heavy atom. The quantitative estimate of drug-likeness (QED) is 0.831. The monoisotopic (exact) mass is 272 g/mol. The van der Waals surface area contributed by atoms with Gasteiger partial charge in [-0.05, 0) is 56.4 Å². The van der Waals surface area contributed by atoms with Crippen molar-refractivity contribution in [1.82, 2.24) is 9.80 Å². The maximum absolute atomic E-state index is 2.76. The number of nitrogens with zero attached hydrogens (tertiary/aromatic N) is 2. The maximum atomic E-state index is 2.76. The van der Waals surface area contributed by atoms with E-state index < -0.39 is 0 Å². The molecule has 2 heteroatoms. The third kappa shape index (κ3) is 3.24. The van der Waals surface area contributed by atoms with E-state index in [0.717, 1.165) is 6.04 Å². The Labute approximate surface area is 123 Å². The van der Waals surface area contributed by atoms with Gasteiger partial charge < -0.3 is 4.90 Å². The summed E-state index contributed by atoms with van der Waals surface area (Å²) in [7, 11) is 0. The zero-order valence-corrected chi connectivity index (χ0v) is 12.9. The van der Waals surface area contributed by atoms with Gasteiger partial charge in [-0.3, -0.25) is 4.90 Å². The Morgan fingerprint density at radius 1 is 1.00 bits per heavy atom. The fourth-order valence-corrected chi connectivity index (χ4v) is 3.76. The molecule has 1 aromatic carbocycles. The molecule has 1 aliphatic carbocycles. The third-order valence-electron chi connectivity index (χ3n) is 5.00. The van der Waals surface area contributed by atoms with E-state index in [4.69, 9.17) is 0 Å². The van der Waals surface area contributed by atoms with Crippen molar-refractivity contribution in [2.75, 3.05) is 32.7 Å². The van der Waals surface area contributed by atoms with Crippen molar-refractivity contribution in [2.24, 2.45) is 0 Å². The van der Waals surface area contributed by atoms with Crippen LogP contribution in [-0.2, 0) is 12.8 Å². The lowest BCUT2D eigenvalue weighted by Gasteiger charge is -2.27. The van der Waals surface area contributed by atoms with Gasteiger partial charge in [0.1, 0.15) is 0 Å². The van der Waals surface area contributed by atoms with Crippen molar-refractivity contribution in [3.05, 3.63) is 35.4 Å². The first-order valence-electron chi connectivity index (χ1n) is 8.40. The molecule has 1 heterocycles. The number of hydrogen-bond acceptors (Lipinski definition) is 2. The van der Waals surface area contributed by atoms with Gasteiger partial charge in [-0.25, -0.2) is 0 Å². The number of benzene rings is 1. The normalized spacial score (nSPS) is 21.9. The van der Waals surface area contributed by atoms with Crippen LogP contribution in [0.5, 0.6) is 0 Å². The lowest BCUT2D eigenvalue weighted by atomic mass is 10.1. The predicted molar refractivity (Wildman–Crippen MR) is 85.2 cm³/mol. The van der Waals surface area contributed by atoms with Crippen molar-refractivity contribution in [3.63, 3.8) is 0 Å². The number of unbranched alkanes of at least 4 members (excludes halogenated alkanes) is 1. The summed E-state index contributed by atoms with van der Waals surface area (Å²) in [6.07, 6.45) is 6.56. The van der Waals surface area contributed by atoms with E-state index in [9.17, 15) is 0 Å². The lowest BCUT2D eigenvalue weighted by molar-refractivity contribution is 0.202. The van der Waals surface area contributed by atoms with Crippen LogP contribution in [0.15, 0.2) is 24.3 Å². The molecule has 1 fully saturated rings. The number of rotatable bonds is 4. The molecular formula is C18H28N2. The average molecular weight is 272 g/mol. The Morgan fingerprint density at radius 2 is 1.75 bits per heavy atom. The van der Waals surface area contributed by atoms with Crippen molar-refractivity contribution < 1.29 is 0 Å². The van der Waals surface area contributed by atoms with Crippen LogP contribution in [0.4, 0.5) is 0 Å². The Hall–Kier alpha value is -0.860. The highest BCUT2D eigenvalue weighted by molar-refractivity contribution is 5.33. The summed E-state index contributed by atoms with van der Waals surface area (Å²) in [5.41, 5.74) is 3.18. The van der Waals surface area contributed by atoms with E-state index in [0.29, 0.717) is 0 Å². The van der Waals surface area contributed by atoms with Crippen LogP contribution in [0.25, 0.3) is 0 Å². The second-order valence-corrected chi connectivity index (χ2v) is 6.42. The highest BCUT2D eigenvalue weighted by atomic mass is 15.2. The fourth-order valence-electron chi connectivity index (χ4n) is 3.76. The van der Waals surface area contributed by atoms with E-state index >= 15 is 0 Å². The zero-order chi connectivity index (χ0) is 13.8. The number of fused-ring (bicyclic) bond motifs is 1. The van der Waals surface area contributed by atoms with Gasteiger partial charge in [0.15, 0.2) is 0 Å². The molecule has 0 unspecified atom stereocenters. The van der Waals surface area contributed by atoms with Crippen LogP contribution >= 0.6 is 0 Å². The molecule has 1 aliphatic heterocycles. The molecule has 0 bridgehead atoms. The molecule has 20 heavy (non-hydrogen) atoms. The van der Waals surface area contributed by atoms with E-state index in [1.807, 2.05) is 0 Å². The topological polar surface area (TPSA) is 6.48 Å². The molecule has 2 nitrogen and oxygen atoms in total. The van der Waals surface area contributed by atoms with Gasteiger partial charge in [-0.15, -0.1) is 0 Å². The summed E-state index contributed by atoms with van der Waals surface area (Å²) in [5, 5.41) is 0. The molecule has 110 valence electrons. The molecular weight excluding hydrogens is 244 g/mol. The molecule has 0 aromatic heterocycles. The summed E-state index contributed by atoms with van der Waals surface area (Å²) < 4.78 is 0. The molecule has 1 saturated heterocycles. The van der Waals surface area contributed by atoms with Crippen molar-refractivity contribution in [3.8, 4) is 0 Å². The summed E-state index contributed by atoms with van der Waals surface area (Å²) in [6, 6.07) is 9.78. The Bertz CT molecular complexity index is 404. The third-order valence-corrected chi connectivity index (χ3v) is 5.00. The summed E-state index contributed by atoms with van der Waals surface area (Å²) in [5.74, 6) is 0. The molecule has 2 aliphatic rings. The molecule has 1 aromatic rings. The first-order valence-corrected chi connectivity index (χ1v) is 8.40. The van der Waals surface area contributed by atoms with E-state index in [-0.39, 0.29) is 0 Å². The predicted octanol–water partition coefficient (Wildman–Crippen LogP) is 2.96. The van der Waals surface area contributed by atoms with Gasteiger partial charge in [0.25, 0.3) is 0 Å². The summed E-state index contributed by atoms with van der Waals surface area (Å²) in [6.45, 7) is 8.72. The minimum atomic E-state index is 0.763. The SMILES string of the molecule is CCCCN1CCCN(C2Cc3ccccc3C2)CC1. The van der Waals surface area contributed by atoms with Gasteiger partial charge in [0.05, 0.1) is 0 Å². The minimum absolute atomic E-state index is 0.763. The molecule has 0 atom stereocenters. The lowest BCUT2D eigenvalue weighted by Crippen LogP contribution is -2.39. The van der Waals surface area contributed by atoms with Gasteiger partial charge in [0, 0.05) is 19.1 Å². The minimum Gasteiger partial charge on any atom is -0.302 e. The maximum Gasteiger partial charge on any atom is 0.0177 e. The van der Waals surface area contributed by atoms with Crippen LogP contribution in [0, 0.1) is 0 Å². The largest absolute Gasteiger partial charge is 0.302 e. The van der Waals surface area contributed by atoms with Crippen LogP contribution in [0.2, 0.25) is 0 Å². The van der Waals surface area contributed by atoms with Crippen LogP contribution in [-0.4, -0.2) is 48.6 Å². The molecule has 0 amide bonds. The first-order chi connectivity index (χ1) is 9.86. The summed E-state index contributed by atoms with van der Waals surface area (Å²) in [4.78, 5) is 5.43. The van der Waals surface area contributed by atoms with Crippen LogP contribution in [0.3, 0.4) is 0 Å². The first kappa shape index (κ1) is 14.1. The van der Waals surface area contributed by atoms with E-state index in [2.05, 4.69) is 41.0 Å². The fraction of sp³-hybridized carbons (Fsp3) is 0.667. The van der Waals surface area contributed by atoms with Gasteiger partial charge in [-0.2, -0.15) is 0 Å². The van der Waals surface area contributed by atoms with Gasteiger partial charge in [-0.1, -0.05) is 37.6 Å². The smallest absolute Gasteiger partial charge is 0.0177 e. The highest BCUT2D eigenvalue weighted by Gasteiger charge is 2.27. The second-order valence-electron chi connectivity index (χ2n) is 6.42. The highest BCUT2D eigenvalue weighted by Crippen LogP contribution is 2.26. The molecule has 3 rings (SSSR count). The van der Waals surface area contributed by atoms with Gasteiger partial charge >= 0.3 is 0 Å². The standard InChI is InChI=1S/C18H28N2/c1-2-3-9-19-10-6-11-20(13-12-19)18-14-16-7-4-5-8-17(16)15-18/h4-5,7-8,18H,2-3,6,9-15H2,1H3. The summed E-state index contributed by atoms with van der Waals surface area (Å²) >= 11 is 0. The van der Waals surface area contributed by atoms with Crippen molar-refractivity contribution in [2.45, 2.75) is 45.1 Å². The molecule has 0 N–H and O–H groups in total. The zero-order valence-electron chi connectivity index (χ0n) is 12.9. The Balaban J connectivity index is 1.55. The molecule has 0 saturated carbocycles. The Kier molecular flexibility index (Phi) is 4.74. The second kappa shape index (κ2) is 6.73. The van der Waals surface area contributed by atoms with E-state index in [1.54, 1.807) is 11.1 Å². The van der Waals surface area contributed by atoms with Crippen LogP contribution < -0.4 is 0 Å². The van der Waals surface area contributed by atoms with Gasteiger partial charge in [0.2, 0.25) is 0 Å². The molecule has 0 spiro atoms. The van der Waals surface area contributed by atoms with Crippen molar-refractivity contribution >= 4 is 0 Å². The molecule has 0 radical (unpaired) electrons. The van der Waals surface area contributed by atoms with E-state index in [1.165, 1.54) is 64.8 Å². The van der Waals surface area contributed by atoms with Crippen molar-refractivity contribution in [1.29, 1.82) is 0 Å². The average Bonchev–Trinajstić information content (AvgIpc) is 2.76.